The molecule has 1 aliphatic rings. The maximum absolute atomic E-state index is 12.4. The van der Waals surface area contributed by atoms with Crippen LogP contribution in [-0.2, 0) is 0 Å². The second-order valence-electron chi connectivity index (χ2n) is 5.49. The number of carbonyl (C=O) groups excluding carboxylic acids is 2. The number of imide groups is 1. The van der Waals surface area contributed by atoms with Crippen LogP contribution in [0.5, 0.6) is 0 Å². The van der Waals surface area contributed by atoms with Crippen LogP contribution < -0.4 is 16.6 Å². The first-order valence-electron chi connectivity index (χ1n) is 6.92. The summed E-state index contributed by atoms with van der Waals surface area (Å²) in [5, 5.41) is 2.16. The third-order valence-electron chi connectivity index (χ3n) is 3.75. The standard InChI is InChI=1S/C16H15N3O3/c1-8(2)9-5-3-4-6-11(9)19-12(20)7-10-13(14(19)17)16(22)18-15(10)21/h3-8H,17H2,1-2H3,(H,18,21,22). The molecule has 0 fully saturated rings. The summed E-state index contributed by atoms with van der Waals surface area (Å²) in [7, 11) is 0. The predicted molar refractivity (Wildman–Crippen MR) is 82.3 cm³/mol. The van der Waals surface area contributed by atoms with Crippen LogP contribution in [0.15, 0.2) is 35.1 Å². The number of carbonyl (C=O) groups is 2. The lowest BCUT2D eigenvalue weighted by Gasteiger charge is -2.17. The molecule has 1 aromatic heterocycles. The number of para-hydroxylation sites is 1. The van der Waals surface area contributed by atoms with Gasteiger partial charge in [0.1, 0.15) is 5.82 Å². The monoisotopic (exact) mass is 297 g/mol. The van der Waals surface area contributed by atoms with Crippen LogP contribution in [0.3, 0.4) is 0 Å². The molecule has 22 heavy (non-hydrogen) atoms. The van der Waals surface area contributed by atoms with Gasteiger partial charge in [-0.25, -0.2) is 0 Å². The van der Waals surface area contributed by atoms with Crippen LogP contribution in [0.2, 0.25) is 0 Å². The molecule has 0 spiro atoms. The van der Waals surface area contributed by atoms with Crippen LogP contribution in [0, 0.1) is 0 Å². The fourth-order valence-electron chi connectivity index (χ4n) is 2.71. The van der Waals surface area contributed by atoms with Crippen molar-refractivity contribution in [2.45, 2.75) is 19.8 Å². The average Bonchev–Trinajstić information content (AvgIpc) is 2.74. The zero-order valence-corrected chi connectivity index (χ0v) is 12.2. The lowest BCUT2D eigenvalue weighted by atomic mass is 10.0. The normalized spacial score (nSPS) is 13.4. The summed E-state index contributed by atoms with van der Waals surface area (Å²) in [5.74, 6) is -1.01. The average molecular weight is 297 g/mol. The Morgan fingerprint density at radius 2 is 1.77 bits per heavy atom. The lowest BCUT2D eigenvalue weighted by Crippen LogP contribution is -2.25. The summed E-state index contributed by atoms with van der Waals surface area (Å²) in [4.78, 5) is 36.0. The van der Waals surface area contributed by atoms with Crippen molar-refractivity contribution < 1.29 is 9.59 Å². The largest absolute Gasteiger partial charge is 0.384 e. The molecule has 0 unspecified atom stereocenters. The van der Waals surface area contributed by atoms with E-state index in [0.29, 0.717) is 5.69 Å². The molecule has 3 rings (SSSR count). The SMILES string of the molecule is CC(C)c1ccccc1-n1c(N)c2c(cc1=O)C(=O)NC2=O. The molecule has 2 aromatic rings. The van der Waals surface area contributed by atoms with E-state index in [1.807, 2.05) is 26.0 Å². The van der Waals surface area contributed by atoms with Crippen molar-refractivity contribution >= 4 is 17.6 Å². The molecule has 6 nitrogen and oxygen atoms in total. The molecule has 1 aliphatic heterocycles. The highest BCUT2D eigenvalue weighted by Gasteiger charge is 2.32. The van der Waals surface area contributed by atoms with Crippen LogP contribution in [-0.4, -0.2) is 16.4 Å². The smallest absolute Gasteiger partial charge is 0.262 e. The third-order valence-corrected chi connectivity index (χ3v) is 3.75. The van der Waals surface area contributed by atoms with Crippen molar-refractivity contribution in [3.63, 3.8) is 0 Å². The molecule has 1 aromatic carbocycles. The lowest BCUT2D eigenvalue weighted by molar-refractivity contribution is 0.0880. The number of fused-ring (bicyclic) bond motifs is 1. The molecule has 6 heteroatoms. The molecule has 0 saturated carbocycles. The molecule has 0 bridgehead atoms. The highest BCUT2D eigenvalue weighted by atomic mass is 16.2. The van der Waals surface area contributed by atoms with Gasteiger partial charge in [-0.1, -0.05) is 32.0 Å². The number of aromatic nitrogens is 1. The Morgan fingerprint density at radius 3 is 2.45 bits per heavy atom. The number of hydrogen-bond donors (Lipinski definition) is 2. The maximum Gasteiger partial charge on any atom is 0.262 e. The van der Waals surface area contributed by atoms with Gasteiger partial charge in [-0.2, -0.15) is 0 Å². The third kappa shape index (κ3) is 1.92. The first-order chi connectivity index (χ1) is 10.4. The van der Waals surface area contributed by atoms with E-state index in [0.717, 1.165) is 11.6 Å². The zero-order valence-electron chi connectivity index (χ0n) is 12.2. The highest BCUT2D eigenvalue weighted by Crippen LogP contribution is 2.27. The van der Waals surface area contributed by atoms with Crippen molar-refractivity contribution in [1.82, 2.24) is 9.88 Å². The number of pyridine rings is 1. The minimum absolute atomic E-state index is 0.0149. The first kappa shape index (κ1) is 14.1. The molecule has 112 valence electrons. The predicted octanol–water partition coefficient (Wildman–Crippen LogP) is 1.43. The van der Waals surface area contributed by atoms with Crippen molar-refractivity contribution in [2.75, 3.05) is 5.73 Å². The fourth-order valence-corrected chi connectivity index (χ4v) is 2.71. The summed E-state index contributed by atoms with van der Waals surface area (Å²) < 4.78 is 1.28. The van der Waals surface area contributed by atoms with Crippen LogP contribution >= 0.6 is 0 Å². The van der Waals surface area contributed by atoms with Crippen molar-refractivity contribution in [3.8, 4) is 5.69 Å². The Morgan fingerprint density at radius 1 is 1.09 bits per heavy atom. The van der Waals surface area contributed by atoms with Crippen molar-refractivity contribution in [2.24, 2.45) is 0 Å². The van der Waals surface area contributed by atoms with Gasteiger partial charge in [0.25, 0.3) is 17.4 Å². The number of nitrogens with zero attached hydrogens (tertiary/aromatic N) is 1. The Bertz CT molecular complexity index is 865. The van der Waals surface area contributed by atoms with Gasteiger partial charge < -0.3 is 5.73 Å². The maximum atomic E-state index is 12.4. The second-order valence-corrected chi connectivity index (χ2v) is 5.49. The summed E-state index contributed by atoms with van der Waals surface area (Å²) in [6.45, 7) is 4.01. The second kappa shape index (κ2) is 4.84. The van der Waals surface area contributed by atoms with Gasteiger partial charge in [-0.15, -0.1) is 0 Å². The molecule has 0 atom stereocenters. The number of amides is 2. The summed E-state index contributed by atoms with van der Waals surface area (Å²) >= 11 is 0. The first-order valence-corrected chi connectivity index (χ1v) is 6.92. The minimum Gasteiger partial charge on any atom is -0.384 e. The number of anilines is 1. The van der Waals surface area contributed by atoms with E-state index < -0.39 is 17.4 Å². The van der Waals surface area contributed by atoms with Crippen LogP contribution in [0.25, 0.3) is 5.69 Å². The van der Waals surface area contributed by atoms with Crippen LogP contribution in [0.4, 0.5) is 5.82 Å². The van der Waals surface area contributed by atoms with Gasteiger partial charge in [0.15, 0.2) is 0 Å². The number of benzene rings is 1. The topological polar surface area (TPSA) is 94.2 Å². The van der Waals surface area contributed by atoms with E-state index in [1.54, 1.807) is 12.1 Å². The Balaban J connectivity index is 2.36. The summed E-state index contributed by atoms with van der Waals surface area (Å²) in [5.41, 5.74) is 7.25. The fraction of sp³-hybridized carbons (Fsp3) is 0.188. The molecule has 3 N–H and O–H groups in total. The Hall–Kier alpha value is -2.89. The van der Waals surface area contributed by atoms with E-state index in [1.165, 1.54) is 4.57 Å². The number of rotatable bonds is 2. The highest BCUT2D eigenvalue weighted by molar-refractivity contribution is 6.23. The molecule has 0 radical (unpaired) electrons. The number of nitrogens with two attached hydrogens (primary N) is 1. The van der Waals surface area contributed by atoms with Crippen molar-refractivity contribution in [3.05, 3.63) is 57.4 Å². The molecular weight excluding hydrogens is 282 g/mol. The van der Waals surface area contributed by atoms with Crippen LogP contribution in [0.1, 0.15) is 46.0 Å². The quantitative estimate of drug-likeness (QED) is 0.820. The molecular formula is C16H15N3O3. The van der Waals surface area contributed by atoms with Gasteiger partial charge in [0.2, 0.25) is 0 Å². The van der Waals surface area contributed by atoms with E-state index >= 15 is 0 Å². The van der Waals surface area contributed by atoms with Gasteiger partial charge in [0, 0.05) is 6.07 Å². The van der Waals surface area contributed by atoms with E-state index in [4.69, 9.17) is 5.73 Å². The van der Waals surface area contributed by atoms with E-state index in [2.05, 4.69) is 5.32 Å². The van der Waals surface area contributed by atoms with Gasteiger partial charge in [-0.3, -0.25) is 24.3 Å². The van der Waals surface area contributed by atoms with Gasteiger partial charge in [0.05, 0.1) is 16.8 Å². The number of hydrogen-bond acceptors (Lipinski definition) is 4. The summed E-state index contributed by atoms with van der Waals surface area (Å²) in [6, 6.07) is 8.51. The van der Waals surface area contributed by atoms with Crippen molar-refractivity contribution in [1.29, 1.82) is 0 Å². The summed E-state index contributed by atoms with van der Waals surface area (Å²) in [6.07, 6.45) is 0. The number of nitrogen functional groups attached to an aromatic ring is 1. The molecule has 2 heterocycles. The van der Waals surface area contributed by atoms with E-state index in [-0.39, 0.29) is 22.9 Å². The Kier molecular flexibility index (Phi) is 3.09. The Labute approximate surface area is 126 Å². The van der Waals surface area contributed by atoms with E-state index in [9.17, 15) is 14.4 Å². The van der Waals surface area contributed by atoms with Gasteiger partial charge in [-0.05, 0) is 17.5 Å². The minimum atomic E-state index is -0.590. The molecule has 0 saturated heterocycles. The zero-order chi connectivity index (χ0) is 16.0. The van der Waals surface area contributed by atoms with Gasteiger partial charge >= 0.3 is 0 Å². The number of nitrogens with one attached hydrogen (secondary N) is 1. The molecule has 2 amide bonds. The molecule has 0 aliphatic carbocycles.